The van der Waals surface area contributed by atoms with Crippen LogP contribution >= 0.6 is 0 Å². The highest BCUT2D eigenvalue weighted by Gasteiger charge is 2.08. The predicted octanol–water partition coefficient (Wildman–Crippen LogP) is 3.76. The molecule has 1 aliphatic rings. The Morgan fingerprint density at radius 1 is 1.16 bits per heavy atom. The van der Waals surface area contributed by atoms with Crippen LogP contribution < -0.4 is 10.6 Å². The van der Waals surface area contributed by atoms with Gasteiger partial charge in [-0.05, 0) is 56.0 Å². The highest BCUT2D eigenvalue weighted by atomic mass is 14.9. The minimum Gasteiger partial charge on any atom is -0.385 e. The topological polar surface area (TPSA) is 24.1 Å². The van der Waals surface area contributed by atoms with Crippen molar-refractivity contribution in [1.29, 1.82) is 0 Å². The van der Waals surface area contributed by atoms with Crippen LogP contribution in [0, 0.1) is 0 Å². The molecule has 106 valence electrons. The van der Waals surface area contributed by atoms with Gasteiger partial charge in [0, 0.05) is 12.2 Å². The van der Waals surface area contributed by atoms with E-state index >= 15 is 0 Å². The molecule has 0 aromatic heterocycles. The molecule has 0 unspecified atom stereocenters. The van der Waals surface area contributed by atoms with E-state index in [0.29, 0.717) is 0 Å². The van der Waals surface area contributed by atoms with Gasteiger partial charge in [-0.25, -0.2) is 0 Å². The van der Waals surface area contributed by atoms with Crippen LogP contribution in [-0.2, 0) is 12.8 Å². The van der Waals surface area contributed by atoms with E-state index < -0.39 is 0 Å². The van der Waals surface area contributed by atoms with Gasteiger partial charge in [0.2, 0.25) is 0 Å². The number of anilines is 1. The molecule has 2 rings (SSSR count). The Hall–Kier alpha value is -1.02. The molecule has 0 spiro atoms. The zero-order chi connectivity index (χ0) is 13.3. The molecule has 1 aromatic carbocycles. The van der Waals surface area contributed by atoms with Gasteiger partial charge in [-0.15, -0.1) is 0 Å². The lowest BCUT2D eigenvalue weighted by Crippen LogP contribution is -2.19. The number of nitrogens with one attached hydrogen (secondary N) is 2. The minimum atomic E-state index is 1.11. The van der Waals surface area contributed by atoms with Crippen molar-refractivity contribution in [1.82, 2.24) is 5.32 Å². The van der Waals surface area contributed by atoms with E-state index in [2.05, 4.69) is 35.8 Å². The molecule has 0 saturated heterocycles. The summed E-state index contributed by atoms with van der Waals surface area (Å²) in [6, 6.07) is 6.92. The summed E-state index contributed by atoms with van der Waals surface area (Å²) in [5.41, 5.74) is 4.33. The van der Waals surface area contributed by atoms with E-state index in [1.165, 1.54) is 61.9 Å². The van der Waals surface area contributed by atoms with Crippen LogP contribution in [0.2, 0.25) is 0 Å². The second-order valence-corrected chi connectivity index (χ2v) is 5.58. The molecule has 0 fully saturated rings. The fourth-order valence-electron chi connectivity index (χ4n) is 2.72. The zero-order valence-electron chi connectivity index (χ0n) is 12.3. The number of hydrogen-bond donors (Lipinski definition) is 2. The first kappa shape index (κ1) is 14.4. The van der Waals surface area contributed by atoms with Crippen molar-refractivity contribution < 1.29 is 0 Å². The van der Waals surface area contributed by atoms with Gasteiger partial charge in [-0.2, -0.15) is 0 Å². The van der Waals surface area contributed by atoms with E-state index in [9.17, 15) is 0 Å². The Kier molecular flexibility index (Phi) is 6.22. The SMILES string of the molecule is CCCCCCNCCc1ccc2c(c1)CCCN2. The molecular weight excluding hydrogens is 232 g/mol. The highest BCUT2D eigenvalue weighted by Crippen LogP contribution is 2.22. The Morgan fingerprint density at radius 3 is 3.00 bits per heavy atom. The third kappa shape index (κ3) is 4.87. The fraction of sp³-hybridized carbons (Fsp3) is 0.647. The van der Waals surface area contributed by atoms with Crippen LogP contribution in [0.3, 0.4) is 0 Å². The summed E-state index contributed by atoms with van der Waals surface area (Å²) >= 11 is 0. The van der Waals surface area contributed by atoms with Crippen LogP contribution in [0.15, 0.2) is 18.2 Å². The first-order valence-electron chi connectivity index (χ1n) is 7.96. The lowest BCUT2D eigenvalue weighted by atomic mass is 9.99. The molecule has 1 aliphatic heterocycles. The lowest BCUT2D eigenvalue weighted by molar-refractivity contribution is 0.598. The fourth-order valence-corrected chi connectivity index (χ4v) is 2.72. The standard InChI is InChI=1S/C17H28N2/c1-2-3-4-5-11-18-13-10-15-8-9-17-16(14-15)7-6-12-19-17/h8-9,14,18-19H,2-7,10-13H2,1H3. The number of rotatable bonds is 8. The van der Waals surface area contributed by atoms with Crippen LogP contribution in [0.5, 0.6) is 0 Å². The number of unbranched alkanes of at least 4 members (excludes halogenated alkanes) is 3. The largest absolute Gasteiger partial charge is 0.385 e. The minimum absolute atomic E-state index is 1.11. The zero-order valence-corrected chi connectivity index (χ0v) is 12.3. The van der Waals surface area contributed by atoms with Crippen molar-refractivity contribution in [3.05, 3.63) is 29.3 Å². The van der Waals surface area contributed by atoms with Gasteiger partial charge in [0.05, 0.1) is 0 Å². The summed E-state index contributed by atoms with van der Waals surface area (Å²) in [4.78, 5) is 0. The smallest absolute Gasteiger partial charge is 0.0372 e. The number of fused-ring (bicyclic) bond motifs is 1. The van der Waals surface area contributed by atoms with Crippen molar-refractivity contribution in [2.45, 2.75) is 51.9 Å². The first-order chi connectivity index (χ1) is 9.40. The molecule has 19 heavy (non-hydrogen) atoms. The molecule has 0 bridgehead atoms. The van der Waals surface area contributed by atoms with E-state index in [-0.39, 0.29) is 0 Å². The molecule has 0 aliphatic carbocycles. The average Bonchev–Trinajstić information content (AvgIpc) is 2.46. The first-order valence-corrected chi connectivity index (χ1v) is 7.96. The van der Waals surface area contributed by atoms with E-state index in [4.69, 9.17) is 0 Å². The van der Waals surface area contributed by atoms with Gasteiger partial charge in [0.25, 0.3) is 0 Å². The van der Waals surface area contributed by atoms with Crippen LogP contribution in [0.25, 0.3) is 0 Å². The van der Waals surface area contributed by atoms with Crippen molar-refractivity contribution in [2.75, 3.05) is 25.0 Å². The molecule has 1 aromatic rings. The Morgan fingerprint density at radius 2 is 2.11 bits per heavy atom. The molecule has 2 N–H and O–H groups in total. The van der Waals surface area contributed by atoms with Gasteiger partial charge in [-0.1, -0.05) is 38.3 Å². The summed E-state index contributed by atoms with van der Waals surface area (Å²) in [6.07, 6.45) is 9.05. The lowest BCUT2D eigenvalue weighted by Gasteiger charge is -2.18. The van der Waals surface area contributed by atoms with Gasteiger partial charge in [0.1, 0.15) is 0 Å². The van der Waals surface area contributed by atoms with Gasteiger partial charge < -0.3 is 10.6 Å². The summed E-state index contributed by atoms with van der Waals surface area (Å²) in [5.74, 6) is 0. The monoisotopic (exact) mass is 260 g/mol. The second kappa shape index (κ2) is 8.21. The maximum Gasteiger partial charge on any atom is 0.0372 e. The number of aryl methyl sites for hydroxylation is 1. The van der Waals surface area contributed by atoms with Crippen molar-refractivity contribution in [2.24, 2.45) is 0 Å². The third-order valence-electron chi connectivity index (χ3n) is 3.91. The van der Waals surface area contributed by atoms with Crippen molar-refractivity contribution >= 4 is 5.69 Å². The Balaban J connectivity index is 1.66. The summed E-state index contributed by atoms with van der Waals surface area (Å²) < 4.78 is 0. The maximum absolute atomic E-state index is 3.56. The van der Waals surface area contributed by atoms with Gasteiger partial charge in [-0.3, -0.25) is 0 Å². The molecule has 0 saturated carbocycles. The van der Waals surface area contributed by atoms with Crippen LogP contribution in [0.4, 0.5) is 5.69 Å². The quantitative estimate of drug-likeness (QED) is 0.696. The van der Waals surface area contributed by atoms with Crippen molar-refractivity contribution in [3.63, 3.8) is 0 Å². The second-order valence-electron chi connectivity index (χ2n) is 5.58. The average molecular weight is 260 g/mol. The molecular formula is C17H28N2. The maximum atomic E-state index is 3.56. The Bertz CT molecular complexity index is 374. The predicted molar refractivity (Wildman–Crippen MR) is 84.0 cm³/mol. The number of hydrogen-bond acceptors (Lipinski definition) is 2. The summed E-state index contributed by atoms with van der Waals surface area (Å²) in [5, 5.41) is 7.03. The summed E-state index contributed by atoms with van der Waals surface area (Å²) in [6.45, 7) is 5.68. The number of benzene rings is 1. The molecule has 0 atom stereocenters. The van der Waals surface area contributed by atoms with E-state index in [0.717, 1.165) is 19.5 Å². The summed E-state index contributed by atoms with van der Waals surface area (Å²) in [7, 11) is 0. The van der Waals surface area contributed by atoms with E-state index in [1.807, 2.05) is 0 Å². The van der Waals surface area contributed by atoms with Crippen LogP contribution in [-0.4, -0.2) is 19.6 Å². The van der Waals surface area contributed by atoms with Gasteiger partial charge in [0.15, 0.2) is 0 Å². The molecule has 0 amide bonds. The highest BCUT2D eigenvalue weighted by molar-refractivity contribution is 5.54. The van der Waals surface area contributed by atoms with E-state index in [1.54, 1.807) is 0 Å². The van der Waals surface area contributed by atoms with Crippen molar-refractivity contribution in [3.8, 4) is 0 Å². The Labute approximate surface area is 118 Å². The normalized spacial score (nSPS) is 13.9. The third-order valence-corrected chi connectivity index (χ3v) is 3.91. The van der Waals surface area contributed by atoms with Gasteiger partial charge >= 0.3 is 0 Å². The molecule has 2 heteroatoms. The molecule has 1 heterocycles. The van der Waals surface area contributed by atoms with Crippen LogP contribution in [0.1, 0.15) is 50.2 Å². The molecule has 2 nitrogen and oxygen atoms in total. The molecule has 0 radical (unpaired) electrons.